The van der Waals surface area contributed by atoms with Gasteiger partial charge in [-0.2, -0.15) is 0 Å². The van der Waals surface area contributed by atoms with Crippen LogP contribution < -0.4 is 0 Å². The number of esters is 1. The number of methoxy groups -OCH3 is 1. The van der Waals surface area contributed by atoms with Crippen LogP contribution in [0.25, 0.3) is 0 Å². The fraction of sp³-hybridized carbons (Fsp3) is 0.364. The molecule has 2 N–H and O–H groups in total. The van der Waals surface area contributed by atoms with Gasteiger partial charge in [0.2, 0.25) is 0 Å². The molecule has 0 saturated heterocycles. The molecule has 1 aromatic carbocycles. The van der Waals surface area contributed by atoms with Crippen molar-refractivity contribution in [3.63, 3.8) is 0 Å². The first-order valence-electron chi connectivity index (χ1n) is 4.73. The number of hydrogen-bond acceptors (Lipinski definition) is 4. The molecule has 5 heteroatoms. The SMILES string of the molecule is COC(=O)CC(O)C(O)c1ccc(Cl)cc1. The Morgan fingerprint density at radius 3 is 2.44 bits per heavy atom. The quantitative estimate of drug-likeness (QED) is 0.784. The third-order valence-electron chi connectivity index (χ3n) is 2.18. The zero-order valence-corrected chi connectivity index (χ0v) is 9.52. The minimum atomic E-state index is -1.19. The maximum atomic E-state index is 10.9. The lowest BCUT2D eigenvalue weighted by Gasteiger charge is -2.17. The minimum Gasteiger partial charge on any atom is -0.469 e. The van der Waals surface area contributed by atoms with Crippen LogP contribution in [0.5, 0.6) is 0 Å². The van der Waals surface area contributed by atoms with Crippen LogP contribution in [0.2, 0.25) is 5.02 Å². The topological polar surface area (TPSA) is 66.8 Å². The minimum absolute atomic E-state index is 0.250. The molecule has 0 spiro atoms. The van der Waals surface area contributed by atoms with Crippen molar-refractivity contribution in [1.29, 1.82) is 0 Å². The molecule has 0 aliphatic carbocycles. The van der Waals surface area contributed by atoms with Crippen LogP contribution in [0.4, 0.5) is 0 Å². The van der Waals surface area contributed by atoms with Crippen LogP contribution in [0.3, 0.4) is 0 Å². The van der Waals surface area contributed by atoms with Crippen molar-refractivity contribution in [2.24, 2.45) is 0 Å². The fourth-order valence-electron chi connectivity index (χ4n) is 1.25. The Hall–Kier alpha value is -1.10. The van der Waals surface area contributed by atoms with E-state index in [-0.39, 0.29) is 6.42 Å². The lowest BCUT2D eigenvalue weighted by Crippen LogP contribution is -2.22. The van der Waals surface area contributed by atoms with Crippen LogP contribution in [0, 0.1) is 0 Å². The van der Waals surface area contributed by atoms with Gasteiger partial charge in [0.15, 0.2) is 0 Å². The van der Waals surface area contributed by atoms with Gasteiger partial charge in [0.1, 0.15) is 6.10 Å². The summed E-state index contributed by atoms with van der Waals surface area (Å²) in [5, 5.41) is 19.8. The molecule has 0 aliphatic rings. The zero-order valence-electron chi connectivity index (χ0n) is 8.76. The first kappa shape index (κ1) is 13.0. The van der Waals surface area contributed by atoms with Crippen molar-refractivity contribution in [3.05, 3.63) is 34.9 Å². The van der Waals surface area contributed by atoms with E-state index in [4.69, 9.17) is 11.6 Å². The highest BCUT2D eigenvalue weighted by Crippen LogP contribution is 2.21. The van der Waals surface area contributed by atoms with Crippen molar-refractivity contribution in [2.45, 2.75) is 18.6 Å². The first-order valence-corrected chi connectivity index (χ1v) is 5.11. The van der Waals surface area contributed by atoms with E-state index in [1.165, 1.54) is 7.11 Å². The highest BCUT2D eigenvalue weighted by Gasteiger charge is 2.21. The zero-order chi connectivity index (χ0) is 12.1. The van der Waals surface area contributed by atoms with Crippen molar-refractivity contribution in [1.82, 2.24) is 0 Å². The van der Waals surface area contributed by atoms with Crippen molar-refractivity contribution in [3.8, 4) is 0 Å². The summed E-state index contributed by atoms with van der Waals surface area (Å²) >= 11 is 5.68. The molecular formula is C11H13ClO4. The third kappa shape index (κ3) is 3.48. The second-order valence-corrected chi connectivity index (χ2v) is 3.78. The average Bonchev–Trinajstić information content (AvgIpc) is 2.28. The molecule has 0 heterocycles. The van der Waals surface area contributed by atoms with E-state index in [1.54, 1.807) is 24.3 Å². The summed E-state index contributed by atoms with van der Waals surface area (Å²) in [5.74, 6) is -0.569. The molecule has 4 nitrogen and oxygen atoms in total. The predicted octanol–water partition coefficient (Wildman–Crippen LogP) is 1.30. The van der Waals surface area contributed by atoms with Gasteiger partial charge in [-0.15, -0.1) is 0 Å². The molecular weight excluding hydrogens is 232 g/mol. The highest BCUT2D eigenvalue weighted by molar-refractivity contribution is 6.30. The van der Waals surface area contributed by atoms with Crippen molar-refractivity contribution < 1.29 is 19.7 Å². The van der Waals surface area contributed by atoms with E-state index < -0.39 is 18.2 Å². The monoisotopic (exact) mass is 244 g/mol. The van der Waals surface area contributed by atoms with Crippen LogP contribution in [0.15, 0.2) is 24.3 Å². The van der Waals surface area contributed by atoms with Gasteiger partial charge in [-0.3, -0.25) is 4.79 Å². The number of halogens is 1. The van der Waals surface area contributed by atoms with Crippen LogP contribution in [-0.4, -0.2) is 29.4 Å². The predicted molar refractivity (Wildman–Crippen MR) is 59.1 cm³/mol. The molecule has 2 unspecified atom stereocenters. The van der Waals surface area contributed by atoms with Gasteiger partial charge in [-0.25, -0.2) is 0 Å². The molecule has 88 valence electrons. The molecule has 0 aliphatic heterocycles. The standard InChI is InChI=1S/C11H13ClO4/c1-16-10(14)6-9(13)11(15)7-2-4-8(12)5-3-7/h2-5,9,11,13,15H,6H2,1H3. The number of aliphatic hydroxyl groups is 2. The summed E-state index contributed by atoms with van der Waals surface area (Å²) in [6.45, 7) is 0. The number of carbonyl (C=O) groups is 1. The fourth-order valence-corrected chi connectivity index (χ4v) is 1.37. The Bertz CT molecular complexity index is 350. The third-order valence-corrected chi connectivity index (χ3v) is 2.43. The summed E-state index contributed by atoms with van der Waals surface area (Å²) in [6, 6.07) is 6.39. The van der Waals surface area contributed by atoms with Crippen molar-refractivity contribution >= 4 is 17.6 Å². The number of ether oxygens (including phenoxy) is 1. The van der Waals surface area contributed by atoms with Gasteiger partial charge in [0.25, 0.3) is 0 Å². The molecule has 0 amide bonds. The van der Waals surface area contributed by atoms with Gasteiger partial charge in [-0.05, 0) is 17.7 Å². The number of hydrogen-bond donors (Lipinski definition) is 2. The second-order valence-electron chi connectivity index (χ2n) is 3.34. The van der Waals surface area contributed by atoms with Gasteiger partial charge in [0, 0.05) is 5.02 Å². The molecule has 0 fully saturated rings. The van der Waals surface area contributed by atoms with Gasteiger partial charge < -0.3 is 14.9 Å². The highest BCUT2D eigenvalue weighted by atomic mass is 35.5. The molecule has 2 atom stereocenters. The number of benzene rings is 1. The molecule has 1 rings (SSSR count). The largest absolute Gasteiger partial charge is 0.469 e. The molecule has 0 saturated carbocycles. The Kier molecular flexibility index (Phi) is 4.73. The smallest absolute Gasteiger partial charge is 0.308 e. The Morgan fingerprint density at radius 2 is 1.94 bits per heavy atom. The van der Waals surface area contributed by atoms with E-state index in [1.807, 2.05) is 0 Å². The Balaban J connectivity index is 2.66. The Labute approximate surface area is 98.4 Å². The summed E-state index contributed by atoms with van der Waals surface area (Å²) in [7, 11) is 1.23. The second kappa shape index (κ2) is 5.84. The van der Waals surface area contributed by atoms with E-state index in [0.29, 0.717) is 10.6 Å². The number of rotatable bonds is 4. The first-order chi connectivity index (χ1) is 7.54. The summed E-state index contributed by atoms with van der Waals surface area (Å²) in [4.78, 5) is 10.9. The normalized spacial score (nSPS) is 14.2. The van der Waals surface area contributed by atoms with E-state index in [2.05, 4.69) is 4.74 Å². The molecule has 0 radical (unpaired) electrons. The van der Waals surface area contributed by atoms with Crippen LogP contribution in [0.1, 0.15) is 18.1 Å². The molecule has 0 aromatic heterocycles. The average molecular weight is 245 g/mol. The number of carbonyl (C=O) groups excluding carboxylic acids is 1. The maximum absolute atomic E-state index is 10.9. The lowest BCUT2D eigenvalue weighted by atomic mass is 10.0. The van der Waals surface area contributed by atoms with Gasteiger partial charge in [0.05, 0.1) is 19.6 Å². The lowest BCUT2D eigenvalue weighted by molar-refractivity contribution is -0.144. The summed E-state index contributed by atoms with van der Waals surface area (Å²) < 4.78 is 4.39. The van der Waals surface area contributed by atoms with Gasteiger partial charge in [-0.1, -0.05) is 23.7 Å². The number of aliphatic hydroxyl groups excluding tert-OH is 2. The van der Waals surface area contributed by atoms with Crippen molar-refractivity contribution in [2.75, 3.05) is 7.11 Å². The molecule has 1 aromatic rings. The maximum Gasteiger partial charge on any atom is 0.308 e. The van der Waals surface area contributed by atoms with E-state index in [9.17, 15) is 15.0 Å². The van der Waals surface area contributed by atoms with E-state index in [0.717, 1.165) is 0 Å². The summed E-state index contributed by atoms with van der Waals surface area (Å²) in [6.07, 6.45) is -2.56. The molecule has 0 bridgehead atoms. The molecule has 16 heavy (non-hydrogen) atoms. The van der Waals surface area contributed by atoms with Crippen LogP contribution in [-0.2, 0) is 9.53 Å². The van der Waals surface area contributed by atoms with E-state index >= 15 is 0 Å². The van der Waals surface area contributed by atoms with Crippen LogP contribution >= 0.6 is 11.6 Å². The van der Waals surface area contributed by atoms with Gasteiger partial charge >= 0.3 is 5.97 Å². The Morgan fingerprint density at radius 1 is 1.38 bits per heavy atom. The summed E-state index contributed by atoms with van der Waals surface area (Å²) in [5.41, 5.74) is 0.501.